The summed E-state index contributed by atoms with van der Waals surface area (Å²) in [5.74, 6) is 0.0711. The van der Waals surface area contributed by atoms with Gasteiger partial charge in [0.05, 0.1) is 11.1 Å². The molecule has 1 aromatic heterocycles. The Bertz CT molecular complexity index is 772. The molecule has 0 bridgehead atoms. The molecule has 8 heteroatoms. The van der Waals surface area contributed by atoms with Gasteiger partial charge in [0.25, 0.3) is 0 Å². The summed E-state index contributed by atoms with van der Waals surface area (Å²) in [7, 11) is 0. The van der Waals surface area contributed by atoms with Crippen LogP contribution in [0, 0.1) is 11.3 Å². The Morgan fingerprint density at radius 1 is 1.10 bits per heavy atom. The van der Waals surface area contributed by atoms with Gasteiger partial charge in [-0.1, -0.05) is 6.07 Å². The second-order valence-electron chi connectivity index (χ2n) is 9.62. The van der Waals surface area contributed by atoms with E-state index in [1.807, 2.05) is 20.8 Å². The number of piperidine rings is 1. The van der Waals surface area contributed by atoms with Crippen molar-refractivity contribution in [1.29, 1.82) is 0 Å². The van der Waals surface area contributed by atoms with Gasteiger partial charge in [0.1, 0.15) is 17.2 Å². The molecule has 8 nitrogen and oxygen atoms in total. The molecule has 0 aromatic carbocycles. The fourth-order valence-electron chi connectivity index (χ4n) is 2.90. The van der Waals surface area contributed by atoms with Crippen molar-refractivity contribution < 1.29 is 24.0 Å². The molecule has 0 unspecified atom stereocenters. The number of hydrogen-bond acceptors (Lipinski definition) is 7. The molecule has 2 heterocycles. The monoisotopic (exact) mass is 419 g/mol. The van der Waals surface area contributed by atoms with Gasteiger partial charge in [0.15, 0.2) is 0 Å². The Balaban J connectivity index is 1.85. The Hall–Kier alpha value is -2.48. The van der Waals surface area contributed by atoms with Crippen LogP contribution < -0.4 is 5.32 Å². The van der Waals surface area contributed by atoms with E-state index in [9.17, 15) is 14.4 Å². The van der Waals surface area contributed by atoms with Crippen molar-refractivity contribution in [2.45, 2.75) is 66.4 Å². The van der Waals surface area contributed by atoms with Gasteiger partial charge in [0.2, 0.25) is 0 Å². The van der Waals surface area contributed by atoms with Crippen LogP contribution in [-0.2, 0) is 25.6 Å². The van der Waals surface area contributed by atoms with E-state index in [-0.39, 0.29) is 24.1 Å². The summed E-state index contributed by atoms with van der Waals surface area (Å²) >= 11 is 0. The molecule has 0 atom stereocenters. The van der Waals surface area contributed by atoms with Gasteiger partial charge in [-0.15, -0.1) is 5.06 Å². The van der Waals surface area contributed by atoms with E-state index in [0.717, 1.165) is 0 Å². The van der Waals surface area contributed by atoms with Crippen LogP contribution in [-0.4, -0.2) is 46.6 Å². The summed E-state index contributed by atoms with van der Waals surface area (Å²) in [6.45, 7) is 11.8. The second kappa shape index (κ2) is 9.55. The van der Waals surface area contributed by atoms with Crippen molar-refractivity contribution in [3.8, 4) is 0 Å². The summed E-state index contributed by atoms with van der Waals surface area (Å²) in [6.07, 6.45) is 0.866. The highest BCUT2D eigenvalue weighted by Gasteiger charge is 2.30. The standard InChI is InChI=1S/C22H33N3O5/c1-21(2,3)19(27)30-25-12-10-15(11-13-25)17(26)14-16-8-7-9-18(23-16)24-20(28)29-22(4,5)6/h7-9,15H,10-14H2,1-6H3,(H,23,24,28). The quantitative estimate of drug-likeness (QED) is 0.776. The highest BCUT2D eigenvalue weighted by molar-refractivity contribution is 5.85. The number of ether oxygens (including phenoxy) is 1. The molecule has 1 amide bonds. The molecule has 30 heavy (non-hydrogen) atoms. The van der Waals surface area contributed by atoms with Crippen LogP contribution in [0.5, 0.6) is 0 Å². The molecule has 0 spiro atoms. The Morgan fingerprint density at radius 3 is 2.30 bits per heavy atom. The lowest BCUT2D eigenvalue weighted by molar-refractivity contribution is -0.205. The number of nitrogens with zero attached hydrogens (tertiary/aromatic N) is 2. The molecule has 1 fully saturated rings. The van der Waals surface area contributed by atoms with E-state index in [2.05, 4.69) is 10.3 Å². The number of ketones is 1. The van der Waals surface area contributed by atoms with Crippen LogP contribution in [0.1, 0.15) is 60.1 Å². The molecule has 1 N–H and O–H groups in total. The van der Waals surface area contributed by atoms with Crippen molar-refractivity contribution in [2.24, 2.45) is 11.3 Å². The van der Waals surface area contributed by atoms with Gasteiger partial charge in [-0.2, -0.15) is 0 Å². The van der Waals surface area contributed by atoms with Gasteiger partial charge in [0, 0.05) is 25.4 Å². The van der Waals surface area contributed by atoms with Gasteiger partial charge < -0.3 is 9.57 Å². The molecule has 1 aromatic rings. The van der Waals surface area contributed by atoms with E-state index in [1.54, 1.807) is 44.0 Å². The smallest absolute Gasteiger partial charge is 0.413 e. The summed E-state index contributed by atoms with van der Waals surface area (Å²) in [5, 5.41) is 4.23. The normalized spacial score (nSPS) is 16.1. The molecule has 1 aliphatic rings. The fourth-order valence-corrected chi connectivity index (χ4v) is 2.90. The van der Waals surface area contributed by atoms with Crippen LogP contribution in [0.4, 0.5) is 10.6 Å². The number of hydroxylamine groups is 2. The molecular formula is C22H33N3O5. The maximum atomic E-state index is 12.7. The number of carbonyl (C=O) groups is 3. The number of nitrogens with one attached hydrogen (secondary N) is 1. The van der Waals surface area contributed by atoms with Crippen LogP contribution in [0.15, 0.2) is 18.2 Å². The predicted molar refractivity (Wildman–Crippen MR) is 113 cm³/mol. The number of carbonyl (C=O) groups excluding carboxylic acids is 3. The molecule has 0 saturated carbocycles. The van der Waals surface area contributed by atoms with Crippen molar-refractivity contribution in [1.82, 2.24) is 10.0 Å². The topological polar surface area (TPSA) is 97.8 Å². The number of pyridine rings is 1. The largest absolute Gasteiger partial charge is 0.444 e. The van der Waals surface area contributed by atoms with E-state index in [0.29, 0.717) is 37.4 Å². The fraction of sp³-hybridized carbons (Fsp3) is 0.636. The summed E-state index contributed by atoms with van der Waals surface area (Å²) < 4.78 is 5.22. The third-order valence-electron chi connectivity index (χ3n) is 4.52. The van der Waals surface area contributed by atoms with Crippen molar-refractivity contribution in [3.05, 3.63) is 23.9 Å². The molecule has 166 valence electrons. The lowest BCUT2D eigenvalue weighted by atomic mass is 9.91. The zero-order chi connectivity index (χ0) is 22.5. The van der Waals surface area contributed by atoms with E-state index < -0.39 is 17.1 Å². The number of Topliss-reactive ketones (excluding diaryl/α,β-unsaturated/α-hetero) is 1. The van der Waals surface area contributed by atoms with Crippen LogP contribution >= 0.6 is 0 Å². The highest BCUT2D eigenvalue weighted by Crippen LogP contribution is 2.23. The van der Waals surface area contributed by atoms with Crippen LogP contribution in [0.2, 0.25) is 0 Å². The SMILES string of the molecule is CC(C)(C)OC(=O)Nc1cccc(CC(=O)C2CCN(OC(=O)C(C)(C)C)CC2)n1. The van der Waals surface area contributed by atoms with E-state index >= 15 is 0 Å². The highest BCUT2D eigenvalue weighted by atomic mass is 16.7. The van der Waals surface area contributed by atoms with E-state index in [4.69, 9.17) is 9.57 Å². The average Bonchev–Trinajstić information content (AvgIpc) is 2.60. The number of hydrogen-bond donors (Lipinski definition) is 1. The van der Waals surface area contributed by atoms with Crippen LogP contribution in [0.3, 0.4) is 0 Å². The Morgan fingerprint density at radius 2 is 1.73 bits per heavy atom. The summed E-state index contributed by atoms with van der Waals surface area (Å²) in [6, 6.07) is 5.16. The zero-order valence-corrected chi connectivity index (χ0v) is 18.8. The third kappa shape index (κ3) is 7.74. The maximum absolute atomic E-state index is 12.7. The zero-order valence-electron chi connectivity index (χ0n) is 18.8. The predicted octanol–water partition coefficient (Wildman–Crippen LogP) is 3.76. The number of aromatic nitrogens is 1. The Labute approximate surface area is 178 Å². The average molecular weight is 420 g/mol. The molecule has 1 saturated heterocycles. The molecule has 2 rings (SSSR count). The first-order valence-corrected chi connectivity index (χ1v) is 10.3. The first-order chi connectivity index (χ1) is 13.8. The van der Waals surface area contributed by atoms with Gasteiger partial charge in [-0.05, 0) is 66.5 Å². The molecule has 1 aliphatic heterocycles. The van der Waals surface area contributed by atoms with Crippen molar-refractivity contribution in [3.63, 3.8) is 0 Å². The summed E-state index contributed by atoms with van der Waals surface area (Å²) in [5.41, 5.74) is -0.570. The lowest BCUT2D eigenvalue weighted by Gasteiger charge is -2.31. The number of rotatable bonds is 5. The van der Waals surface area contributed by atoms with Gasteiger partial charge in [-0.25, -0.2) is 14.6 Å². The maximum Gasteiger partial charge on any atom is 0.413 e. The first-order valence-electron chi connectivity index (χ1n) is 10.3. The van der Waals surface area contributed by atoms with Gasteiger partial charge in [-0.3, -0.25) is 10.1 Å². The lowest BCUT2D eigenvalue weighted by Crippen LogP contribution is -2.40. The third-order valence-corrected chi connectivity index (χ3v) is 4.52. The Kier molecular flexibility index (Phi) is 7.58. The molecule has 0 aliphatic carbocycles. The minimum Gasteiger partial charge on any atom is -0.444 e. The van der Waals surface area contributed by atoms with Gasteiger partial charge >= 0.3 is 12.1 Å². The number of amides is 1. The number of anilines is 1. The second-order valence-corrected chi connectivity index (χ2v) is 9.62. The van der Waals surface area contributed by atoms with Crippen molar-refractivity contribution >= 4 is 23.7 Å². The van der Waals surface area contributed by atoms with Crippen LogP contribution in [0.25, 0.3) is 0 Å². The minimum absolute atomic E-state index is 0.0960. The van der Waals surface area contributed by atoms with E-state index in [1.165, 1.54) is 0 Å². The van der Waals surface area contributed by atoms with Crippen molar-refractivity contribution in [2.75, 3.05) is 18.4 Å². The summed E-state index contributed by atoms with van der Waals surface area (Å²) in [4.78, 5) is 46.3. The first kappa shape index (κ1) is 23.8. The molecule has 0 radical (unpaired) electrons. The molecular weight excluding hydrogens is 386 g/mol. The minimum atomic E-state index is -0.603.